The van der Waals surface area contributed by atoms with Gasteiger partial charge in [-0.1, -0.05) is 85.8 Å². The molecular weight excluding hydrogens is 496 g/mol. The molecule has 0 spiro atoms. The quantitative estimate of drug-likeness (QED) is 0.134. The van der Waals surface area contributed by atoms with Gasteiger partial charge < -0.3 is 14.8 Å². The Balaban J connectivity index is 1.72. The van der Waals surface area contributed by atoms with Crippen molar-refractivity contribution in [2.45, 2.75) is 43.6 Å². The van der Waals surface area contributed by atoms with Gasteiger partial charge in [0.25, 0.3) is 0 Å². The molecule has 1 aliphatic heterocycles. The molecule has 0 bridgehead atoms. The maximum absolute atomic E-state index is 13.2. The lowest BCUT2D eigenvalue weighted by Crippen LogP contribution is -2.30. The molecule has 3 aromatic rings. The molecule has 36 heavy (non-hydrogen) atoms. The molecule has 4 rings (SSSR count). The third-order valence-corrected chi connectivity index (χ3v) is 6.92. The number of hydrogen-bond donors (Lipinski definition) is 1. The predicted octanol–water partition coefficient (Wildman–Crippen LogP) is 6.42. The van der Waals surface area contributed by atoms with Crippen LogP contribution in [0.25, 0.3) is 0 Å². The van der Waals surface area contributed by atoms with E-state index in [9.17, 15) is 4.79 Å². The van der Waals surface area contributed by atoms with Gasteiger partial charge in [0.2, 0.25) is 11.1 Å². The number of nitrogens with zero attached hydrogens (tertiary/aromatic N) is 3. The van der Waals surface area contributed by atoms with Crippen LogP contribution in [0.15, 0.2) is 77.6 Å². The highest BCUT2D eigenvalue weighted by molar-refractivity contribution is 7.98. The molecule has 2 heterocycles. The average Bonchev–Trinajstić information content (AvgIpc) is 3.29. The van der Waals surface area contributed by atoms with E-state index in [1.54, 1.807) is 10.8 Å². The molecular formula is C27H29ClN4O3S. The molecule has 1 aliphatic rings. The third kappa shape index (κ3) is 5.77. The van der Waals surface area contributed by atoms with Gasteiger partial charge in [0.15, 0.2) is 0 Å². The standard InChI is InChI=1S/C27H29ClN4O3S/c1-4-6-16-34-22-14-10-8-12-20(22)24-23(25(33)35-15-5-2)18(3)29-26-30-27(31-32(24)26)36-17-19-11-7-9-13-21(19)28/h5,7-14,24H,2,4,6,15-17H2,1,3H3,(H,29,30,31). The lowest BCUT2D eigenvalue weighted by Gasteiger charge is -2.29. The predicted molar refractivity (Wildman–Crippen MR) is 143 cm³/mol. The summed E-state index contributed by atoms with van der Waals surface area (Å²) >= 11 is 7.81. The van der Waals surface area contributed by atoms with E-state index in [2.05, 4.69) is 18.8 Å². The van der Waals surface area contributed by atoms with Crippen molar-refractivity contribution < 1.29 is 14.3 Å². The average molecular weight is 525 g/mol. The number of rotatable bonds is 11. The number of fused-ring (bicyclic) bond motifs is 1. The van der Waals surface area contributed by atoms with Gasteiger partial charge >= 0.3 is 5.97 Å². The fraction of sp³-hybridized carbons (Fsp3) is 0.296. The molecule has 2 aromatic carbocycles. The van der Waals surface area contributed by atoms with Crippen LogP contribution in [0.2, 0.25) is 5.02 Å². The van der Waals surface area contributed by atoms with Crippen molar-refractivity contribution in [1.29, 1.82) is 0 Å². The minimum absolute atomic E-state index is 0.111. The summed E-state index contributed by atoms with van der Waals surface area (Å²) in [6.07, 6.45) is 3.50. The van der Waals surface area contributed by atoms with Gasteiger partial charge in [-0.25, -0.2) is 9.48 Å². The van der Waals surface area contributed by atoms with E-state index in [1.165, 1.54) is 11.8 Å². The maximum Gasteiger partial charge on any atom is 0.338 e. The number of carbonyl (C=O) groups excluding carboxylic acids is 1. The molecule has 1 atom stereocenters. The smallest absolute Gasteiger partial charge is 0.338 e. The van der Waals surface area contributed by atoms with Gasteiger partial charge in [-0.05, 0) is 31.0 Å². The summed E-state index contributed by atoms with van der Waals surface area (Å²) in [5.74, 6) is 1.42. The first-order valence-corrected chi connectivity index (χ1v) is 13.2. The second-order valence-corrected chi connectivity index (χ2v) is 9.59. The normalized spacial score (nSPS) is 14.7. The van der Waals surface area contributed by atoms with Gasteiger partial charge in [0, 0.05) is 22.0 Å². The molecule has 0 saturated carbocycles. The number of allylic oxidation sites excluding steroid dienone is 1. The maximum atomic E-state index is 13.2. The summed E-state index contributed by atoms with van der Waals surface area (Å²) in [7, 11) is 0. The topological polar surface area (TPSA) is 78.3 Å². The zero-order valence-electron chi connectivity index (χ0n) is 20.4. The zero-order chi connectivity index (χ0) is 25.5. The first kappa shape index (κ1) is 25.9. The van der Waals surface area contributed by atoms with Crippen LogP contribution >= 0.6 is 23.4 Å². The molecule has 0 fully saturated rings. The second-order valence-electron chi connectivity index (χ2n) is 8.24. The van der Waals surface area contributed by atoms with Gasteiger partial charge in [0.1, 0.15) is 18.4 Å². The highest BCUT2D eigenvalue weighted by atomic mass is 35.5. The molecule has 1 unspecified atom stereocenters. The fourth-order valence-electron chi connectivity index (χ4n) is 3.88. The Morgan fingerprint density at radius 1 is 1.25 bits per heavy atom. The number of anilines is 1. The number of unbranched alkanes of at least 4 members (excludes halogenated alkanes) is 1. The summed E-state index contributed by atoms with van der Waals surface area (Å²) in [4.78, 5) is 17.9. The van der Waals surface area contributed by atoms with E-state index in [1.807, 2.05) is 55.5 Å². The van der Waals surface area contributed by atoms with E-state index >= 15 is 0 Å². The minimum atomic E-state index is -0.571. The Morgan fingerprint density at radius 3 is 2.81 bits per heavy atom. The number of ether oxygens (including phenoxy) is 2. The fourth-order valence-corrected chi connectivity index (χ4v) is 4.99. The number of nitrogens with one attached hydrogen (secondary N) is 1. The van der Waals surface area contributed by atoms with Crippen molar-refractivity contribution >= 4 is 35.3 Å². The van der Waals surface area contributed by atoms with E-state index in [0.717, 1.165) is 24.0 Å². The molecule has 0 saturated heterocycles. The van der Waals surface area contributed by atoms with E-state index < -0.39 is 12.0 Å². The summed E-state index contributed by atoms with van der Waals surface area (Å²) in [5.41, 5.74) is 2.91. The molecule has 0 radical (unpaired) electrons. The highest BCUT2D eigenvalue weighted by Crippen LogP contribution is 2.40. The van der Waals surface area contributed by atoms with Crippen LogP contribution < -0.4 is 10.1 Å². The van der Waals surface area contributed by atoms with Crippen LogP contribution in [0.3, 0.4) is 0 Å². The second kappa shape index (κ2) is 12.1. The summed E-state index contributed by atoms with van der Waals surface area (Å²) in [6.45, 7) is 8.30. The summed E-state index contributed by atoms with van der Waals surface area (Å²) in [5, 5.41) is 9.29. The molecule has 1 N–H and O–H groups in total. The van der Waals surface area contributed by atoms with Crippen LogP contribution in [0, 0.1) is 0 Å². The van der Waals surface area contributed by atoms with E-state index in [-0.39, 0.29) is 6.61 Å². The van der Waals surface area contributed by atoms with Crippen LogP contribution in [0.1, 0.15) is 43.9 Å². The largest absolute Gasteiger partial charge is 0.493 e. The van der Waals surface area contributed by atoms with Crippen LogP contribution in [-0.4, -0.2) is 33.9 Å². The number of benzene rings is 2. The van der Waals surface area contributed by atoms with E-state index in [0.29, 0.717) is 45.5 Å². The summed E-state index contributed by atoms with van der Waals surface area (Å²) < 4.78 is 13.3. The van der Waals surface area contributed by atoms with Gasteiger partial charge in [-0.3, -0.25) is 0 Å². The Kier molecular flexibility index (Phi) is 8.72. The van der Waals surface area contributed by atoms with Gasteiger partial charge in [-0.2, -0.15) is 4.98 Å². The number of hydrogen-bond acceptors (Lipinski definition) is 7. The molecule has 1 aromatic heterocycles. The first-order chi connectivity index (χ1) is 17.5. The van der Waals surface area contributed by atoms with Crippen molar-refractivity contribution in [2.24, 2.45) is 0 Å². The third-order valence-electron chi connectivity index (χ3n) is 5.67. The number of halogens is 1. The number of esters is 1. The highest BCUT2D eigenvalue weighted by Gasteiger charge is 2.36. The zero-order valence-corrected chi connectivity index (χ0v) is 21.9. The Hall–Kier alpha value is -3.23. The van der Waals surface area contributed by atoms with Crippen molar-refractivity contribution in [3.63, 3.8) is 0 Å². The van der Waals surface area contributed by atoms with Crippen LogP contribution in [0.5, 0.6) is 5.75 Å². The Labute approximate surface area is 220 Å². The van der Waals surface area contributed by atoms with Gasteiger partial charge in [-0.15, -0.1) is 5.10 Å². The molecule has 9 heteroatoms. The lowest BCUT2D eigenvalue weighted by atomic mass is 9.95. The monoisotopic (exact) mass is 524 g/mol. The number of carbonyl (C=O) groups is 1. The van der Waals surface area contributed by atoms with Crippen molar-refractivity contribution in [1.82, 2.24) is 14.8 Å². The SMILES string of the molecule is C=CCOC(=O)C1=C(C)Nc2nc(SCc3ccccc3Cl)nn2C1c1ccccc1OCCCC. The summed E-state index contributed by atoms with van der Waals surface area (Å²) in [6, 6.07) is 14.8. The van der Waals surface area contributed by atoms with Crippen molar-refractivity contribution in [2.75, 3.05) is 18.5 Å². The van der Waals surface area contributed by atoms with Crippen LogP contribution in [0.4, 0.5) is 5.95 Å². The van der Waals surface area contributed by atoms with Gasteiger partial charge in [0.05, 0.1) is 12.2 Å². The van der Waals surface area contributed by atoms with Crippen molar-refractivity contribution in [3.05, 3.63) is 88.6 Å². The number of aromatic nitrogens is 3. The first-order valence-electron chi connectivity index (χ1n) is 11.8. The van der Waals surface area contributed by atoms with Crippen LogP contribution in [-0.2, 0) is 15.3 Å². The Morgan fingerprint density at radius 2 is 2.03 bits per heavy atom. The van der Waals surface area contributed by atoms with Crippen molar-refractivity contribution in [3.8, 4) is 5.75 Å². The number of thioether (sulfide) groups is 1. The molecule has 0 aliphatic carbocycles. The lowest BCUT2D eigenvalue weighted by molar-refractivity contribution is -0.138. The molecule has 7 nitrogen and oxygen atoms in total. The molecule has 188 valence electrons. The Bertz CT molecular complexity index is 1270. The number of para-hydroxylation sites is 1. The molecule has 0 amide bonds. The minimum Gasteiger partial charge on any atom is -0.493 e. The van der Waals surface area contributed by atoms with E-state index in [4.69, 9.17) is 31.2 Å².